The highest BCUT2D eigenvalue weighted by atomic mass is 16.6. The van der Waals surface area contributed by atoms with Crippen LogP contribution in [0, 0.1) is 0 Å². The number of aromatic nitrogens is 2. The van der Waals surface area contributed by atoms with E-state index in [-0.39, 0.29) is 6.03 Å². The van der Waals surface area contributed by atoms with Crippen LogP contribution in [0.1, 0.15) is 0 Å². The van der Waals surface area contributed by atoms with Crippen molar-refractivity contribution in [2.24, 2.45) is 0 Å². The van der Waals surface area contributed by atoms with Gasteiger partial charge in [-0.3, -0.25) is 0 Å². The molecule has 0 radical (unpaired) electrons. The monoisotopic (exact) mass is 370 g/mol. The summed E-state index contributed by atoms with van der Waals surface area (Å²) in [6.07, 6.45) is 3.23. The third-order valence-corrected chi connectivity index (χ3v) is 4.48. The maximum atomic E-state index is 12.2. The predicted octanol–water partition coefficient (Wildman–Crippen LogP) is 1.64. The van der Waals surface area contributed by atoms with Gasteiger partial charge >= 0.3 is 6.03 Å². The Bertz CT molecular complexity index is 805. The van der Waals surface area contributed by atoms with Gasteiger partial charge in [0, 0.05) is 37.9 Å². The Morgan fingerprint density at radius 2 is 1.63 bits per heavy atom. The van der Waals surface area contributed by atoms with E-state index in [0.29, 0.717) is 42.0 Å². The molecule has 0 spiro atoms. The molecule has 1 saturated heterocycles. The van der Waals surface area contributed by atoms with Crippen LogP contribution in [0.2, 0.25) is 0 Å². The fraction of sp³-hybridized carbons (Fsp3) is 0.389. The topological polar surface area (TPSA) is 91.9 Å². The number of amides is 2. The highest BCUT2D eigenvalue weighted by molar-refractivity contribution is 5.99. The van der Waals surface area contributed by atoms with Crippen molar-refractivity contribution in [1.82, 2.24) is 14.9 Å². The Kier molecular flexibility index (Phi) is 4.93. The van der Waals surface area contributed by atoms with Crippen LogP contribution in [0.15, 0.2) is 30.6 Å². The van der Waals surface area contributed by atoms with Gasteiger partial charge in [-0.1, -0.05) is 0 Å². The highest BCUT2D eigenvalue weighted by Crippen LogP contribution is 2.32. The van der Waals surface area contributed by atoms with Gasteiger partial charge < -0.3 is 29.9 Å². The van der Waals surface area contributed by atoms with Crippen LogP contribution in [-0.2, 0) is 0 Å². The number of carbonyl (C=O) groups excluding carboxylic acids is 1. The average molecular weight is 370 g/mol. The first kappa shape index (κ1) is 17.3. The lowest BCUT2D eigenvalue weighted by molar-refractivity contribution is 0.171. The number of nitrogens with one attached hydrogen (secondary N) is 2. The summed E-state index contributed by atoms with van der Waals surface area (Å²) in [4.78, 5) is 25.3. The quantitative estimate of drug-likeness (QED) is 0.849. The summed E-state index contributed by atoms with van der Waals surface area (Å²) in [6.45, 7) is 4.80. The minimum absolute atomic E-state index is 0.373. The van der Waals surface area contributed by atoms with Crippen LogP contribution in [0.25, 0.3) is 0 Å². The number of benzene rings is 1. The van der Waals surface area contributed by atoms with Crippen molar-refractivity contribution in [3.63, 3.8) is 0 Å². The lowest BCUT2D eigenvalue weighted by Gasteiger charge is -2.32. The number of piperazine rings is 1. The third-order valence-electron chi connectivity index (χ3n) is 4.48. The second-order valence-electron chi connectivity index (χ2n) is 6.50. The van der Waals surface area contributed by atoms with E-state index in [1.807, 2.05) is 0 Å². The molecule has 0 bridgehead atoms. The molecule has 2 amide bonds. The summed E-state index contributed by atoms with van der Waals surface area (Å²) in [5.41, 5.74) is 1.15. The minimum atomic E-state index is -0.373. The average Bonchev–Trinajstić information content (AvgIpc) is 2.69. The first-order chi connectivity index (χ1) is 13.2. The van der Waals surface area contributed by atoms with Crippen LogP contribution in [-0.4, -0.2) is 67.3 Å². The number of carbonyl (C=O) groups is 1. The molecule has 0 unspecified atom stereocenters. The lowest BCUT2D eigenvalue weighted by Crippen LogP contribution is -2.45. The Morgan fingerprint density at radius 1 is 0.963 bits per heavy atom. The zero-order chi connectivity index (χ0) is 18.6. The normalized spacial score (nSPS) is 16.7. The van der Waals surface area contributed by atoms with Gasteiger partial charge in [-0.05, 0) is 19.2 Å². The number of ether oxygens (including phenoxy) is 2. The molecule has 2 aromatic rings. The van der Waals surface area contributed by atoms with Gasteiger partial charge in [0.2, 0.25) is 5.95 Å². The Labute approximate surface area is 157 Å². The van der Waals surface area contributed by atoms with Gasteiger partial charge in [-0.15, -0.1) is 0 Å². The number of hydrogen-bond acceptors (Lipinski definition) is 7. The molecule has 1 fully saturated rings. The van der Waals surface area contributed by atoms with E-state index in [9.17, 15) is 4.79 Å². The van der Waals surface area contributed by atoms with Gasteiger partial charge in [0.1, 0.15) is 13.2 Å². The number of rotatable bonds is 3. The predicted molar refractivity (Wildman–Crippen MR) is 102 cm³/mol. The van der Waals surface area contributed by atoms with Crippen LogP contribution >= 0.6 is 0 Å². The smallest absolute Gasteiger partial charge is 0.323 e. The maximum absolute atomic E-state index is 12.2. The molecule has 2 N–H and O–H groups in total. The first-order valence-electron chi connectivity index (χ1n) is 8.90. The fourth-order valence-electron chi connectivity index (χ4n) is 2.97. The Hall–Kier alpha value is -3.07. The van der Waals surface area contributed by atoms with Crippen LogP contribution < -0.4 is 25.0 Å². The second-order valence-corrected chi connectivity index (χ2v) is 6.50. The van der Waals surface area contributed by atoms with Crippen molar-refractivity contribution in [2.45, 2.75) is 0 Å². The molecule has 1 aromatic heterocycles. The summed E-state index contributed by atoms with van der Waals surface area (Å²) in [5, 5.41) is 5.50. The van der Waals surface area contributed by atoms with Gasteiger partial charge in [-0.2, -0.15) is 0 Å². The molecular weight excluding hydrogens is 348 g/mol. The number of anilines is 3. The summed E-state index contributed by atoms with van der Waals surface area (Å²) < 4.78 is 11.0. The molecule has 1 aromatic carbocycles. The number of hydrogen-bond donors (Lipinski definition) is 2. The largest absolute Gasteiger partial charge is 0.486 e. The van der Waals surface area contributed by atoms with Gasteiger partial charge in [0.05, 0.1) is 18.1 Å². The van der Waals surface area contributed by atoms with Gasteiger partial charge in [0.25, 0.3) is 0 Å². The second kappa shape index (κ2) is 7.67. The number of likely N-dealkylation sites (N-methyl/N-ethyl adjacent to an activating group) is 1. The molecule has 142 valence electrons. The Balaban J connectivity index is 1.34. The molecule has 9 heteroatoms. The molecule has 2 aliphatic heterocycles. The fourth-order valence-corrected chi connectivity index (χ4v) is 2.97. The highest BCUT2D eigenvalue weighted by Gasteiger charge is 2.16. The van der Waals surface area contributed by atoms with E-state index in [2.05, 4.69) is 37.4 Å². The van der Waals surface area contributed by atoms with Crippen LogP contribution in [0.3, 0.4) is 0 Å². The summed E-state index contributed by atoms with van der Waals surface area (Å²) in [6, 6.07) is 4.90. The minimum Gasteiger partial charge on any atom is -0.486 e. The Morgan fingerprint density at radius 3 is 2.37 bits per heavy atom. The molecule has 0 aliphatic carbocycles. The lowest BCUT2D eigenvalue weighted by atomic mass is 10.2. The molecule has 2 aliphatic rings. The van der Waals surface area contributed by atoms with Crippen molar-refractivity contribution < 1.29 is 14.3 Å². The van der Waals surface area contributed by atoms with Crippen LogP contribution in [0.5, 0.6) is 11.5 Å². The number of fused-ring (bicyclic) bond motifs is 1. The molecular formula is C18H22N6O3. The zero-order valence-corrected chi connectivity index (χ0v) is 15.1. The van der Waals surface area contributed by atoms with Crippen molar-refractivity contribution in [3.05, 3.63) is 30.6 Å². The molecule has 9 nitrogen and oxygen atoms in total. The maximum Gasteiger partial charge on any atom is 0.323 e. The van der Waals surface area contributed by atoms with Gasteiger partial charge in [-0.25, -0.2) is 14.8 Å². The van der Waals surface area contributed by atoms with E-state index in [4.69, 9.17) is 9.47 Å². The third kappa shape index (κ3) is 4.20. The van der Waals surface area contributed by atoms with E-state index < -0.39 is 0 Å². The zero-order valence-electron chi connectivity index (χ0n) is 15.1. The van der Waals surface area contributed by atoms with Crippen LogP contribution in [0.4, 0.5) is 22.1 Å². The number of nitrogens with zero attached hydrogens (tertiary/aromatic N) is 4. The van der Waals surface area contributed by atoms with E-state index in [1.54, 1.807) is 30.6 Å². The van der Waals surface area contributed by atoms with Crippen molar-refractivity contribution in [3.8, 4) is 11.5 Å². The summed E-state index contributed by atoms with van der Waals surface area (Å²) >= 11 is 0. The SMILES string of the molecule is CN1CCN(c2ncc(NC(=O)Nc3ccc4c(c3)OCCO4)cn2)CC1. The molecule has 27 heavy (non-hydrogen) atoms. The number of urea groups is 1. The molecule has 3 heterocycles. The summed E-state index contributed by atoms with van der Waals surface area (Å²) in [7, 11) is 2.10. The molecule has 0 atom stereocenters. The van der Waals surface area contributed by atoms with E-state index >= 15 is 0 Å². The van der Waals surface area contributed by atoms with E-state index in [1.165, 1.54) is 0 Å². The van der Waals surface area contributed by atoms with Crippen molar-refractivity contribution in [1.29, 1.82) is 0 Å². The molecule has 0 saturated carbocycles. The van der Waals surface area contributed by atoms with Crippen molar-refractivity contribution in [2.75, 3.05) is 62.0 Å². The van der Waals surface area contributed by atoms with E-state index in [0.717, 1.165) is 26.2 Å². The summed E-state index contributed by atoms with van der Waals surface area (Å²) in [5.74, 6) is 1.99. The first-order valence-corrected chi connectivity index (χ1v) is 8.90. The standard InChI is InChI=1S/C18H22N6O3/c1-23-4-6-24(7-5-23)17-19-11-14(12-20-17)22-18(25)21-13-2-3-15-16(10-13)27-9-8-26-15/h2-3,10-12H,4-9H2,1H3,(H2,21,22,25). The van der Waals surface area contributed by atoms with Crippen molar-refractivity contribution >= 4 is 23.4 Å². The van der Waals surface area contributed by atoms with Gasteiger partial charge in [0.15, 0.2) is 11.5 Å². The molecule has 4 rings (SSSR count).